The van der Waals surface area contributed by atoms with Gasteiger partial charge in [0.2, 0.25) is 0 Å². The second-order valence-electron chi connectivity index (χ2n) is 6.94. The van der Waals surface area contributed by atoms with Crippen LogP contribution in [-0.2, 0) is 23.8 Å². The fraction of sp³-hybridized carbons (Fsp3) is 0.789. The number of hydrogen-bond donors (Lipinski definition) is 0. The fourth-order valence-electron chi connectivity index (χ4n) is 2.56. The van der Waals surface area contributed by atoms with Crippen LogP contribution >= 0.6 is 0 Å². The number of esters is 2. The van der Waals surface area contributed by atoms with E-state index in [1.165, 1.54) is 0 Å². The molecule has 0 aromatic rings. The lowest BCUT2D eigenvalue weighted by atomic mass is 9.85. The van der Waals surface area contributed by atoms with Gasteiger partial charge in [-0.05, 0) is 52.9 Å². The molecule has 0 aliphatic rings. The summed E-state index contributed by atoms with van der Waals surface area (Å²) in [5.41, 5.74) is -0.572. The van der Waals surface area contributed by atoms with Crippen molar-refractivity contribution in [3.05, 3.63) is 12.7 Å². The third-order valence-corrected chi connectivity index (χ3v) is 3.58. The number of carbonyl (C=O) groups excluding carboxylic acids is 2. The van der Waals surface area contributed by atoms with Crippen LogP contribution in [0.25, 0.3) is 0 Å². The molecule has 24 heavy (non-hydrogen) atoms. The molecule has 5 heteroatoms. The molecule has 0 aliphatic carbocycles. The zero-order chi connectivity index (χ0) is 18.6. The number of ether oxygens (including phenoxy) is 3. The molecule has 5 nitrogen and oxygen atoms in total. The Morgan fingerprint density at radius 3 is 2.38 bits per heavy atom. The molecule has 0 N–H and O–H groups in total. The fourth-order valence-corrected chi connectivity index (χ4v) is 2.56. The molecule has 1 unspecified atom stereocenters. The molecule has 0 saturated carbocycles. The summed E-state index contributed by atoms with van der Waals surface area (Å²) in [4.78, 5) is 24.5. The van der Waals surface area contributed by atoms with Crippen LogP contribution in [0.3, 0.4) is 0 Å². The Bertz CT molecular complexity index is 384. The van der Waals surface area contributed by atoms with Gasteiger partial charge in [0.1, 0.15) is 5.60 Å². The summed E-state index contributed by atoms with van der Waals surface area (Å²) in [5.74, 6) is -1.34. The van der Waals surface area contributed by atoms with Crippen molar-refractivity contribution in [2.24, 2.45) is 11.8 Å². The summed E-state index contributed by atoms with van der Waals surface area (Å²) in [5, 5.41) is 0. The predicted octanol–water partition coefficient (Wildman–Crippen LogP) is 3.91. The molecule has 0 saturated heterocycles. The number of carbonyl (C=O) groups is 2. The van der Waals surface area contributed by atoms with Gasteiger partial charge in [0, 0.05) is 13.7 Å². The molecule has 2 atom stereocenters. The van der Waals surface area contributed by atoms with Crippen molar-refractivity contribution in [1.82, 2.24) is 0 Å². The van der Waals surface area contributed by atoms with Gasteiger partial charge in [-0.1, -0.05) is 12.5 Å². The van der Waals surface area contributed by atoms with Gasteiger partial charge in [-0.15, -0.1) is 6.58 Å². The third kappa shape index (κ3) is 10.4. The SMILES string of the molecule is C=CCCCC[C@@H](COC)C(CC(=O)OC(C)(C)C)C(=O)OCC. The summed E-state index contributed by atoms with van der Waals surface area (Å²) in [6.07, 6.45) is 5.60. The summed E-state index contributed by atoms with van der Waals surface area (Å²) >= 11 is 0. The van der Waals surface area contributed by atoms with Crippen molar-refractivity contribution < 1.29 is 23.8 Å². The van der Waals surface area contributed by atoms with Crippen LogP contribution in [0.5, 0.6) is 0 Å². The molecule has 0 radical (unpaired) electrons. The standard InChI is InChI=1S/C19H34O5/c1-7-9-10-11-12-15(14-22-6)16(18(21)23-8-2)13-17(20)24-19(3,4)5/h7,15-16H,1,8-14H2,2-6H3/t15-,16?/m0/s1. The Kier molecular flexibility index (Phi) is 11.4. The van der Waals surface area contributed by atoms with Crippen LogP contribution in [0.15, 0.2) is 12.7 Å². The first-order valence-electron chi connectivity index (χ1n) is 8.73. The molecule has 140 valence electrons. The summed E-state index contributed by atoms with van der Waals surface area (Å²) in [7, 11) is 1.60. The van der Waals surface area contributed by atoms with Crippen molar-refractivity contribution in [2.45, 2.75) is 65.4 Å². The molecule has 0 aliphatic heterocycles. The van der Waals surface area contributed by atoms with E-state index in [0.29, 0.717) is 13.2 Å². The highest BCUT2D eigenvalue weighted by Crippen LogP contribution is 2.26. The molecular weight excluding hydrogens is 308 g/mol. The first-order chi connectivity index (χ1) is 11.2. The average molecular weight is 342 g/mol. The van der Waals surface area contributed by atoms with Gasteiger partial charge in [-0.3, -0.25) is 9.59 Å². The Morgan fingerprint density at radius 2 is 1.88 bits per heavy atom. The van der Waals surface area contributed by atoms with Crippen LogP contribution in [-0.4, -0.2) is 37.9 Å². The van der Waals surface area contributed by atoms with Gasteiger partial charge in [-0.25, -0.2) is 0 Å². The van der Waals surface area contributed by atoms with E-state index in [1.807, 2.05) is 26.8 Å². The minimum atomic E-state index is -0.572. The van der Waals surface area contributed by atoms with E-state index in [2.05, 4.69) is 6.58 Å². The van der Waals surface area contributed by atoms with Crippen LogP contribution in [0.1, 0.15) is 59.8 Å². The number of allylic oxidation sites excluding steroid dienone is 1. The van der Waals surface area contributed by atoms with Crippen LogP contribution < -0.4 is 0 Å². The minimum Gasteiger partial charge on any atom is -0.466 e. The van der Waals surface area contributed by atoms with Crippen LogP contribution in [0.4, 0.5) is 0 Å². The highest BCUT2D eigenvalue weighted by atomic mass is 16.6. The minimum absolute atomic E-state index is 0.0194. The molecule has 0 rings (SSSR count). The van der Waals surface area contributed by atoms with Crippen LogP contribution in [0.2, 0.25) is 0 Å². The zero-order valence-electron chi connectivity index (χ0n) is 15.9. The van der Waals surface area contributed by atoms with Crippen molar-refractivity contribution in [3.63, 3.8) is 0 Å². The van der Waals surface area contributed by atoms with Gasteiger partial charge in [0.05, 0.1) is 18.9 Å². The number of unbranched alkanes of at least 4 members (excludes halogenated alkanes) is 2. The topological polar surface area (TPSA) is 61.8 Å². The summed E-state index contributed by atoms with van der Waals surface area (Å²) in [6, 6.07) is 0. The van der Waals surface area contributed by atoms with Crippen molar-refractivity contribution in [1.29, 1.82) is 0 Å². The maximum absolute atomic E-state index is 12.3. The second kappa shape index (κ2) is 12.1. The van der Waals surface area contributed by atoms with Gasteiger partial charge in [-0.2, -0.15) is 0 Å². The Hall–Kier alpha value is -1.36. The van der Waals surface area contributed by atoms with Crippen molar-refractivity contribution in [2.75, 3.05) is 20.3 Å². The Labute approximate surface area is 146 Å². The van der Waals surface area contributed by atoms with E-state index >= 15 is 0 Å². The van der Waals surface area contributed by atoms with Gasteiger partial charge < -0.3 is 14.2 Å². The highest BCUT2D eigenvalue weighted by molar-refractivity contribution is 5.80. The Balaban J connectivity index is 4.98. The summed E-state index contributed by atoms with van der Waals surface area (Å²) in [6.45, 7) is 11.6. The molecule has 0 bridgehead atoms. The molecular formula is C19H34O5. The third-order valence-electron chi connectivity index (χ3n) is 3.58. The lowest BCUT2D eigenvalue weighted by Gasteiger charge is -2.26. The molecule has 0 amide bonds. The molecule has 0 aromatic heterocycles. The Morgan fingerprint density at radius 1 is 1.21 bits per heavy atom. The molecule has 0 spiro atoms. The lowest BCUT2D eigenvalue weighted by molar-refractivity contribution is -0.163. The average Bonchev–Trinajstić information content (AvgIpc) is 2.46. The number of rotatable bonds is 12. The quantitative estimate of drug-likeness (QED) is 0.306. The maximum Gasteiger partial charge on any atom is 0.309 e. The van der Waals surface area contributed by atoms with Crippen molar-refractivity contribution >= 4 is 11.9 Å². The van der Waals surface area contributed by atoms with E-state index in [9.17, 15) is 9.59 Å². The molecule has 0 fully saturated rings. The predicted molar refractivity (Wildman–Crippen MR) is 94.6 cm³/mol. The van der Waals surface area contributed by atoms with E-state index < -0.39 is 11.5 Å². The maximum atomic E-state index is 12.3. The van der Waals surface area contributed by atoms with E-state index in [4.69, 9.17) is 14.2 Å². The number of hydrogen-bond acceptors (Lipinski definition) is 5. The normalized spacial score (nSPS) is 13.9. The van der Waals surface area contributed by atoms with Gasteiger partial charge >= 0.3 is 11.9 Å². The van der Waals surface area contributed by atoms with E-state index in [-0.39, 0.29) is 24.3 Å². The summed E-state index contributed by atoms with van der Waals surface area (Å²) < 4.78 is 15.8. The van der Waals surface area contributed by atoms with Gasteiger partial charge in [0.25, 0.3) is 0 Å². The number of methoxy groups -OCH3 is 1. The lowest BCUT2D eigenvalue weighted by Crippen LogP contribution is -2.33. The van der Waals surface area contributed by atoms with Crippen molar-refractivity contribution in [3.8, 4) is 0 Å². The monoisotopic (exact) mass is 342 g/mol. The highest BCUT2D eigenvalue weighted by Gasteiger charge is 2.33. The second-order valence-corrected chi connectivity index (χ2v) is 6.94. The van der Waals surface area contributed by atoms with Gasteiger partial charge in [0.15, 0.2) is 0 Å². The zero-order valence-corrected chi connectivity index (χ0v) is 15.9. The largest absolute Gasteiger partial charge is 0.466 e. The smallest absolute Gasteiger partial charge is 0.309 e. The molecule has 0 heterocycles. The van der Waals surface area contributed by atoms with E-state index in [0.717, 1.165) is 25.7 Å². The van der Waals surface area contributed by atoms with E-state index in [1.54, 1.807) is 14.0 Å². The van der Waals surface area contributed by atoms with Crippen LogP contribution in [0, 0.1) is 11.8 Å². The molecule has 0 aromatic carbocycles. The first kappa shape index (κ1) is 22.6. The first-order valence-corrected chi connectivity index (χ1v) is 8.73.